The minimum absolute atomic E-state index is 0.122. The topological polar surface area (TPSA) is 137 Å². The number of nitrogens with zero attached hydrogens (tertiary/aromatic N) is 3. The van der Waals surface area contributed by atoms with Gasteiger partial charge in [0.15, 0.2) is 6.29 Å². The molecule has 1 atom stereocenters. The Labute approximate surface area is 205 Å². The predicted molar refractivity (Wildman–Crippen MR) is 134 cm³/mol. The number of aromatic nitrogens is 3. The zero-order valence-electron chi connectivity index (χ0n) is 21.0. The SMILES string of the molecule is CCOC(CNc1nnc(-c2cc(NC(=O)CN)c3cc(C4CC4)cc(C(C)(C)C)c3n2)o1)OC. The first-order valence-electron chi connectivity index (χ1n) is 11.9. The van der Waals surface area contributed by atoms with Crippen molar-refractivity contribution in [2.75, 3.05) is 37.4 Å². The van der Waals surface area contributed by atoms with E-state index < -0.39 is 6.29 Å². The fourth-order valence-electron chi connectivity index (χ4n) is 3.95. The summed E-state index contributed by atoms with van der Waals surface area (Å²) in [7, 11) is 1.57. The average molecular weight is 483 g/mol. The summed E-state index contributed by atoms with van der Waals surface area (Å²) in [5, 5.41) is 15.1. The number of fused-ring (bicyclic) bond motifs is 1. The molecule has 1 saturated carbocycles. The van der Waals surface area contributed by atoms with Crippen LogP contribution in [0.5, 0.6) is 0 Å². The summed E-state index contributed by atoms with van der Waals surface area (Å²) < 4.78 is 16.5. The highest BCUT2D eigenvalue weighted by Crippen LogP contribution is 2.44. The van der Waals surface area contributed by atoms with Crippen molar-refractivity contribution in [2.24, 2.45) is 5.73 Å². The van der Waals surface area contributed by atoms with Crippen molar-refractivity contribution in [3.63, 3.8) is 0 Å². The zero-order chi connectivity index (χ0) is 25.2. The number of nitrogens with two attached hydrogens (primary N) is 1. The summed E-state index contributed by atoms with van der Waals surface area (Å²) in [6.07, 6.45) is 1.91. The van der Waals surface area contributed by atoms with Crippen LogP contribution in [0.4, 0.5) is 11.7 Å². The molecule has 35 heavy (non-hydrogen) atoms. The molecule has 0 aliphatic heterocycles. The highest BCUT2D eigenvalue weighted by Gasteiger charge is 2.28. The fraction of sp³-hybridized carbons (Fsp3) is 0.520. The van der Waals surface area contributed by atoms with Crippen LogP contribution in [-0.2, 0) is 19.7 Å². The lowest BCUT2D eigenvalue weighted by Crippen LogP contribution is -2.25. The second-order valence-electron chi connectivity index (χ2n) is 9.71. The zero-order valence-corrected chi connectivity index (χ0v) is 21.0. The van der Waals surface area contributed by atoms with Gasteiger partial charge in [-0.2, -0.15) is 0 Å². The molecule has 188 valence electrons. The van der Waals surface area contributed by atoms with Gasteiger partial charge in [-0.25, -0.2) is 4.98 Å². The van der Waals surface area contributed by atoms with Crippen molar-refractivity contribution in [1.29, 1.82) is 0 Å². The van der Waals surface area contributed by atoms with Crippen LogP contribution in [0.3, 0.4) is 0 Å². The third-order valence-electron chi connectivity index (χ3n) is 5.93. The molecule has 0 bridgehead atoms. The lowest BCUT2D eigenvalue weighted by molar-refractivity contribution is -0.114. The molecule has 1 fully saturated rings. The van der Waals surface area contributed by atoms with E-state index in [1.807, 2.05) is 6.92 Å². The monoisotopic (exact) mass is 482 g/mol. The van der Waals surface area contributed by atoms with E-state index in [-0.39, 0.29) is 29.8 Å². The molecule has 10 heteroatoms. The van der Waals surface area contributed by atoms with Crippen LogP contribution in [0.2, 0.25) is 0 Å². The minimum Gasteiger partial charge on any atom is -0.402 e. The Morgan fingerprint density at radius 1 is 1.26 bits per heavy atom. The van der Waals surface area contributed by atoms with Gasteiger partial charge in [-0.1, -0.05) is 31.9 Å². The number of carbonyl (C=O) groups is 1. The van der Waals surface area contributed by atoms with Gasteiger partial charge >= 0.3 is 6.01 Å². The molecule has 1 unspecified atom stereocenters. The quantitative estimate of drug-likeness (QED) is 0.369. The first-order valence-corrected chi connectivity index (χ1v) is 11.9. The second-order valence-corrected chi connectivity index (χ2v) is 9.71. The maximum Gasteiger partial charge on any atom is 0.315 e. The molecule has 0 spiro atoms. The van der Waals surface area contributed by atoms with Gasteiger partial charge in [0.25, 0.3) is 5.89 Å². The fourth-order valence-corrected chi connectivity index (χ4v) is 3.95. The van der Waals surface area contributed by atoms with Gasteiger partial charge in [0.2, 0.25) is 5.91 Å². The second kappa shape index (κ2) is 10.3. The van der Waals surface area contributed by atoms with E-state index >= 15 is 0 Å². The molecule has 1 aromatic carbocycles. The molecule has 2 aromatic heterocycles. The van der Waals surface area contributed by atoms with Gasteiger partial charge in [-0.15, -0.1) is 5.10 Å². The molecular formula is C25H34N6O4. The number of hydrogen-bond donors (Lipinski definition) is 3. The van der Waals surface area contributed by atoms with Crippen molar-refractivity contribution in [3.05, 3.63) is 29.3 Å². The van der Waals surface area contributed by atoms with E-state index in [0.717, 1.165) is 16.5 Å². The molecule has 4 N–H and O–H groups in total. The Kier molecular flexibility index (Phi) is 7.34. The third kappa shape index (κ3) is 5.77. The van der Waals surface area contributed by atoms with Crippen molar-refractivity contribution in [3.8, 4) is 11.6 Å². The van der Waals surface area contributed by atoms with Gasteiger partial charge in [-0.05, 0) is 54.4 Å². The first-order chi connectivity index (χ1) is 16.7. The van der Waals surface area contributed by atoms with Crippen LogP contribution in [0.25, 0.3) is 22.5 Å². The third-order valence-corrected chi connectivity index (χ3v) is 5.93. The summed E-state index contributed by atoms with van der Waals surface area (Å²) in [5.74, 6) is 0.497. The van der Waals surface area contributed by atoms with E-state index in [4.69, 9.17) is 24.6 Å². The van der Waals surface area contributed by atoms with Crippen LogP contribution < -0.4 is 16.4 Å². The Morgan fingerprint density at radius 2 is 2.03 bits per heavy atom. The number of hydrogen-bond acceptors (Lipinski definition) is 9. The lowest BCUT2D eigenvalue weighted by atomic mass is 9.83. The Hall–Kier alpha value is -3.08. The molecule has 1 aliphatic carbocycles. The Bertz CT molecular complexity index is 1200. The Morgan fingerprint density at radius 3 is 2.66 bits per heavy atom. The molecule has 0 saturated heterocycles. The van der Waals surface area contributed by atoms with Crippen molar-refractivity contribution in [2.45, 2.75) is 58.2 Å². The average Bonchev–Trinajstić information content (AvgIpc) is 3.57. The molecule has 10 nitrogen and oxygen atoms in total. The number of benzene rings is 1. The van der Waals surface area contributed by atoms with Crippen molar-refractivity contribution in [1.82, 2.24) is 15.2 Å². The van der Waals surface area contributed by atoms with Gasteiger partial charge in [0.1, 0.15) is 5.69 Å². The number of amides is 1. The number of rotatable bonds is 10. The van der Waals surface area contributed by atoms with Gasteiger partial charge in [0, 0.05) is 19.1 Å². The molecule has 3 aromatic rings. The van der Waals surface area contributed by atoms with Crippen molar-refractivity contribution < 1.29 is 18.7 Å². The van der Waals surface area contributed by atoms with Crippen LogP contribution in [0, 0.1) is 0 Å². The number of methoxy groups -OCH3 is 1. The number of anilines is 2. The van der Waals surface area contributed by atoms with E-state index in [0.29, 0.717) is 30.5 Å². The van der Waals surface area contributed by atoms with E-state index in [1.54, 1.807) is 13.2 Å². The highest BCUT2D eigenvalue weighted by molar-refractivity contribution is 6.04. The van der Waals surface area contributed by atoms with Crippen molar-refractivity contribution >= 4 is 28.5 Å². The lowest BCUT2D eigenvalue weighted by Gasteiger charge is -2.23. The van der Waals surface area contributed by atoms with Crippen LogP contribution in [0.1, 0.15) is 57.6 Å². The minimum atomic E-state index is -0.442. The summed E-state index contributed by atoms with van der Waals surface area (Å²) >= 11 is 0. The molecule has 1 amide bonds. The summed E-state index contributed by atoms with van der Waals surface area (Å²) in [5.41, 5.74) is 9.67. The molecule has 4 rings (SSSR count). The first kappa shape index (κ1) is 25.0. The normalized spacial score (nSPS) is 14.8. The highest BCUT2D eigenvalue weighted by atomic mass is 16.7. The van der Waals surface area contributed by atoms with Crippen LogP contribution in [-0.4, -0.2) is 54.2 Å². The van der Waals surface area contributed by atoms with Gasteiger partial charge < -0.3 is 30.3 Å². The number of carbonyl (C=O) groups excluding carboxylic acids is 1. The van der Waals surface area contributed by atoms with E-state index in [1.165, 1.54) is 18.4 Å². The maximum absolute atomic E-state index is 12.3. The number of ether oxygens (including phenoxy) is 2. The maximum atomic E-state index is 12.3. The Balaban J connectivity index is 1.77. The number of nitrogens with one attached hydrogen (secondary N) is 2. The van der Waals surface area contributed by atoms with Gasteiger partial charge in [0.05, 0.1) is 24.3 Å². The molecule has 2 heterocycles. The smallest absolute Gasteiger partial charge is 0.315 e. The standard InChI is InChI=1S/C25H34N6O4/c1-6-34-21(33-5)13-27-24-31-30-23(35-24)19-11-18(28-20(32)12-26)16-9-15(14-7-8-14)10-17(22(16)29-19)25(2,3)4/h9-11,14,21H,6-8,12-13,26H2,1-5H3,(H,27,31)(H,28,29,32). The van der Waals surface area contributed by atoms with Crippen LogP contribution in [0.15, 0.2) is 22.6 Å². The number of pyridine rings is 1. The molecular weight excluding hydrogens is 448 g/mol. The van der Waals surface area contributed by atoms with Gasteiger partial charge in [-0.3, -0.25) is 4.79 Å². The molecule has 1 aliphatic rings. The van der Waals surface area contributed by atoms with E-state index in [2.05, 4.69) is 53.7 Å². The summed E-state index contributed by atoms with van der Waals surface area (Å²) in [6.45, 7) is 9.10. The summed E-state index contributed by atoms with van der Waals surface area (Å²) in [6, 6.07) is 6.35. The van der Waals surface area contributed by atoms with E-state index in [9.17, 15) is 4.79 Å². The summed E-state index contributed by atoms with van der Waals surface area (Å²) in [4.78, 5) is 17.2. The van der Waals surface area contributed by atoms with Crippen LogP contribution >= 0.6 is 0 Å². The predicted octanol–water partition coefficient (Wildman–Crippen LogP) is 3.78. The largest absolute Gasteiger partial charge is 0.402 e. The molecule has 0 radical (unpaired) electrons.